The second kappa shape index (κ2) is 5.65. The van der Waals surface area contributed by atoms with Gasteiger partial charge < -0.3 is 5.11 Å². The number of thiocyanates is 1. The highest BCUT2D eigenvalue weighted by molar-refractivity contribution is 8.12. The number of hydrogen-bond acceptors (Lipinski definition) is 3. The maximum Gasteiger partial charge on any atom is 0.378 e. The summed E-state index contributed by atoms with van der Waals surface area (Å²) in [6.07, 6.45) is 0.286. The van der Waals surface area contributed by atoms with Crippen molar-refractivity contribution in [2.24, 2.45) is 0 Å². The van der Waals surface area contributed by atoms with Crippen molar-refractivity contribution >= 4 is 22.6 Å². The Morgan fingerprint density at radius 3 is 2.44 bits per heavy atom. The number of hydrogen-bond donors (Lipinski definition) is 1. The number of carbonyl (C=O) groups is 1. The molecule has 1 aromatic rings. The van der Waals surface area contributed by atoms with Gasteiger partial charge in [0.2, 0.25) is 0 Å². The van der Waals surface area contributed by atoms with Crippen LogP contribution in [0.4, 0.5) is 8.78 Å². The molecule has 1 N–H and O–H groups in total. The van der Waals surface area contributed by atoms with Gasteiger partial charge in [-0.05, 0) is 24.2 Å². The van der Waals surface area contributed by atoms with Gasteiger partial charge in [0.15, 0.2) is 0 Å². The number of halogens is 2. The zero-order valence-electron chi connectivity index (χ0n) is 9.35. The van der Waals surface area contributed by atoms with Crippen LogP contribution in [0.25, 0.3) is 4.91 Å². The molecular weight excluding hydrogens is 260 g/mol. The number of nitrogens with zero attached hydrogens (tertiary/aromatic N) is 1. The van der Waals surface area contributed by atoms with Crippen LogP contribution in [0.2, 0.25) is 0 Å². The molecule has 0 fully saturated rings. The summed E-state index contributed by atoms with van der Waals surface area (Å²) >= 11 is 0.503. The largest absolute Gasteiger partial charge is 0.477 e. The fourth-order valence-corrected chi connectivity index (χ4v) is 1.72. The smallest absolute Gasteiger partial charge is 0.378 e. The van der Waals surface area contributed by atoms with Gasteiger partial charge in [-0.15, -0.1) is 0 Å². The van der Waals surface area contributed by atoms with Gasteiger partial charge in [-0.2, -0.15) is 14.0 Å². The summed E-state index contributed by atoms with van der Waals surface area (Å²) < 4.78 is 26.2. The molecule has 0 bridgehead atoms. The molecule has 94 valence electrons. The van der Waals surface area contributed by atoms with Crippen LogP contribution in [0.1, 0.15) is 11.1 Å². The fourth-order valence-electron chi connectivity index (χ4n) is 1.17. The van der Waals surface area contributed by atoms with Gasteiger partial charge in [0.1, 0.15) is 5.40 Å². The van der Waals surface area contributed by atoms with Crippen LogP contribution in [0.5, 0.6) is 0 Å². The quantitative estimate of drug-likeness (QED) is 0.852. The number of benzene rings is 1. The van der Waals surface area contributed by atoms with E-state index in [2.05, 4.69) is 0 Å². The predicted octanol–water partition coefficient (Wildman–Crippen LogP) is 3.27. The van der Waals surface area contributed by atoms with E-state index < -0.39 is 11.9 Å². The molecule has 0 heterocycles. The molecule has 0 atom stereocenters. The molecule has 0 aliphatic rings. The number of alkyl halides is 2. The average molecular weight is 269 g/mol. The van der Waals surface area contributed by atoms with Crippen LogP contribution < -0.4 is 0 Å². The van der Waals surface area contributed by atoms with Crippen molar-refractivity contribution in [1.29, 1.82) is 5.26 Å². The van der Waals surface area contributed by atoms with Crippen LogP contribution in [0.3, 0.4) is 0 Å². The second-order valence-corrected chi connectivity index (χ2v) is 4.32. The van der Waals surface area contributed by atoms with Crippen LogP contribution >= 0.6 is 11.8 Å². The summed E-state index contributed by atoms with van der Waals surface area (Å²) in [5, 5.41) is 18.6. The Hall–Kier alpha value is -1.87. The molecule has 0 spiro atoms. The third kappa shape index (κ3) is 3.57. The summed E-state index contributed by atoms with van der Waals surface area (Å²) in [5.74, 6) is -6.24. The van der Waals surface area contributed by atoms with Crippen LogP contribution in [-0.4, -0.2) is 17.0 Å². The average Bonchev–Trinajstić information content (AvgIpc) is 2.29. The Labute approximate surface area is 107 Å². The van der Waals surface area contributed by atoms with E-state index in [4.69, 9.17) is 10.4 Å². The van der Waals surface area contributed by atoms with Gasteiger partial charge in [0.25, 0.3) is 0 Å². The summed E-state index contributed by atoms with van der Waals surface area (Å²) in [7, 11) is 0. The van der Waals surface area contributed by atoms with E-state index in [1.54, 1.807) is 29.7 Å². The molecule has 0 aliphatic heterocycles. The van der Waals surface area contributed by atoms with Crippen molar-refractivity contribution in [3.63, 3.8) is 0 Å². The van der Waals surface area contributed by atoms with Gasteiger partial charge in [-0.3, -0.25) is 0 Å². The number of aliphatic carboxylic acids is 1. The minimum Gasteiger partial charge on any atom is -0.477 e. The molecule has 1 aromatic carbocycles. The van der Waals surface area contributed by atoms with Crippen LogP contribution in [-0.2, 0) is 4.79 Å². The first-order valence-electron chi connectivity index (χ1n) is 4.84. The van der Waals surface area contributed by atoms with Crippen molar-refractivity contribution in [2.45, 2.75) is 12.8 Å². The maximum absolute atomic E-state index is 13.1. The van der Waals surface area contributed by atoms with E-state index in [-0.39, 0.29) is 11.0 Å². The van der Waals surface area contributed by atoms with Gasteiger partial charge in [0, 0.05) is 11.0 Å². The molecule has 6 heteroatoms. The molecule has 3 nitrogen and oxygen atoms in total. The molecule has 0 saturated carbocycles. The molecule has 1 rings (SSSR count). The van der Waals surface area contributed by atoms with E-state index in [0.717, 1.165) is 5.56 Å². The normalized spacial score (nSPS) is 12.0. The van der Waals surface area contributed by atoms with Crippen molar-refractivity contribution < 1.29 is 18.7 Å². The zero-order chi connectivity index (χ0) is 13.8. The lowest BCUT2D eigenvalue weighted by molar-refractivity contribution is -0.157. The maximum atomic E-state index is 13.1. The fraction of sp³-hybridized carbons (Fsp3) is 0.167. The van der Waals surface area contributed by atoms with E-state index in [9.17, 15) is 13.6 Å². The van der Waals surface area contributed by atoms with E-state index in [1.807, 2.05) is 6.92 Å². The van der Waals surface area contributed by atoms with Crippen molar-refractivity contribution in [1.82, 2.24) is 0 Å². The molecular formula is C12H9F2NO2S. The van der Waals surface area contributed by atoms with Gasteiger partial charge in [-0.1, -0.05) is 29.8 Å². The Kier molecular flexibility index (Phi) is 4.45. The Morgan fingerprint density at radius 1 is 1.44 bits per heavy atom. The number of aryl methyl sites for hydroxylation is 1. The molecule has 0 radical (unpaired) electrons. The number of thioether (sulfide) groups is 1. The first-order valence-corrected chi connectivity index (χ1v) is 5.65. The molecule has 0 saturated heterocycles. The molecule has 18 heavy (non-hydrogen) atoms. The lowest BCUT2D eigenvalue weighted by Gasteiger charge is -2.09. The predicted molar refractivity (Wildman–Crippen MR) is 64.9 cm³/mol. The van der Waals surface area contributed by atoms with Crippen molar-refractivity contribution in [3.05, 3.63) is 41.5 Å². The number of nitriles is 1. The summed E-state index contributed by atoms with van der Waals surface area (Å²) in [6, 6.07) is 6.51. The third-order valence-electron chi connectivity index (χ3n) is 2.09. The zero-order valence-corrected chi connectivity index (χ0v) is 10.2. The Bertz CT molecular complexity index is 518. The van der Waals surface area contributed by atoms with Crippen molar-refractivity contribution in [2.75, 3.05) is 0 Å². The summed E-state index contributed by atoms with van der Waals surface area (Å²) in [4.78, 5) is 10.3. The Balaban J connectivity index is 3.19. The van der Waals surface area contributed by atoms with E-state index in [0.29, 0.717) is 17.3 Å². The van der Waals surface area contributed by atoms with Crippen LogP contribution in [0.15, 0.2) is 30.3 Å². The van der Waals surface area contributed by atoms with E-state index >= 15 is 0 Å². The topological polar surface area (TPSA) is 61.1 Å². The number of carboxylic acid groups (broad SMARTS) is 1. The minimum absolute atomic E-state index is 0.0788. The first kappa shape index (κ1) is 14.2. The monoisotopic (exact) mass is 269 g/mol. The molecule has 0 amide bonds. The van der Waals surface area contributed by atoms with Gasteiger partial charge in [0.05, 0.1) is 0 Å². The van der Waals surface area contributed by atoms with Gasteiger partial charge in [-0.25, -0.2) is 4.79 Å². The molecule has 0 aliphatic carbocycles. The highest BCUT2D eigenvalue weighted by Gasteiger charge is 2.36. The lowest BCUT2D eigenvalue weighted by atomic mass is 10.1. The van der Waals surface area contributed by atoms with Crippen molar-refractivity contribution in [3.8, 4) is 5.40 Å². The van der Waals surface area contributed by atoms with Crippen LogP contribution in [0, 0.1) is 17.6 Å². The third-order valence-corrected chi connectivity index (χ3v) is 2.75. The number of rotatable bonds is 4. The lowest BCUT2D eigenvalue weighted by Crippen LogP contribution is -2.25. The van der Waals surface area contributed by atoms with Gasteiger partial charge >= 0.3 is 11.9 Å². The molecule has 0 unspecified atom stereocenters. The highest BCUT2D eigenvalue weighted by Crippen LogP contribution is 2.31. The minimum atomic E-state index is -4.00. The summed E-state index contributed by atoms with van der Waals surface area (Å²) in [6.45, 7) is 1.83. The first-order chi connectivity index (χ1) is 8.36. The van der Waals surface area contributed by atoms with E-state index in [1.165, 1.54) is 0 Å². The summed E-state index contributed by atoms with van der Waals surface area (Å²) in [5.41, 5.74) is 1.32. The second-order valence-electron chi connectivity index (χ2n) is 3.50. The molecule has 0 aromatic heterocycles. The Morgan fingerprint density at radius 2 is 2.00 bits per heavy atom. The number of carboxylic acids is 1. The SMILES string of the molecule is Cc1ccc(C(=CC(F)(F)C(=O)O)SC#N)cc1. The standard InChI is InChI=1S/C12H9F2NO2S/c1-8-2-4-9(5-3-8)10(18-7-15)6-12(13,14)11(16)17/h2-6H,1H3,(H,16,17). The highest BCUT2D eigenvalue weighted by atomic mass is 32.2.